The van der Waals surface area contributed by atoms with E-state index in [1.165, 1.54) is 18.4 Å². The second kappa shape index (κ2) is 8.83. The molecule has 0 aliphatic rings. The van der Waals surface area contributed by atoms with Crippen LogP contribution >= 0.6 is 11.3 Å². The van der Waals surface area contributed by atoms with Crippen molar-refractivity contribution in [2.75, 3.05) is 13.7 Å². The summed E-state index contributed by atoms with van der Waals surface area (Å²) in [6.45, 7) is -0.461. The second-order valence-electron chi connectivity index (χ2n) is 4.92. The van der Waals surface area contributed by atoms with Gasteiger partial charge in [0.05, 0.1) is 12.7 Å². The van der Waals surface area contributed by atoms with E-state index in [4.69, 9.17) is 9.47 Å². The van der Waals surface area contributed by atoms with Crippen LogP contribution in [-0.4, -0.2) is 37.6 Å². The Morgan fingerprint density at radius 2 is 1.92 bits per heavy atom. The van der Waals surface area contributed by atoms with Crippen LogP contribution in [0.15, 0.2) is 47.2 Å². The highest BCUT2D eigenvalue weighted by Crippen LogP contribution is 2.08. The molecule has 0 bridgehead atoms. The van der Waals surface area contributed by atoms with Crippen molar-refractivity contribution in [2.24, 2.45) is 0 Å². The zero-order valence-electron chi connectivity index (χ0n) is 13.1. The van der Waals surface area contributed by atoms with Crippen molar-refractivity contribution >= 4 is 29.2 Å². The Balaban J connectivity index is 1.89. The van der Waals surface area contributed by atoms with Crippen molar-refractivity contribution in [1.29, 1.82) is 0 Å². The zero-order chi connectivity index (χ0) is 17.4. The van der Waals surface area contributed by atoms with Gasteiger partial charge in [-0.05, 0) is 17.0 Å². The maximum atomic E-state index is 11.9. The molecule has 6 nitrogen and oxygen atoms in total. The molecule has 1 aromatic heterocycles. The van der Waals surface area contributed by atoms with Gasteiger partial charge in [-0.25, -0.2) is 9.59 Å². The van der Waals surface area contributed by atoms with Gasteiger partial charge in [0.1, 0.15) is 6.04 Å². The number of rotatable bonds is 7. The summed E-state index contributed by atoms with van der Waals surface area (Å²) in [5.41, 5.74) is 1.27. The predicted octanol–water partition coefficient (Wildman–Crippen LogP) is 1.81. The largest absolute Gasteiger partial charge is 0.467 e. The Morgan fingerprint density at radius 1 is 1.17 bits per heavy atom. The topological polar surface area (TPSA) is 81.7 Å². The molecule has 0 fully saturated rings. The van der Waals surface area contributed by atoms with E-state index in [-0.39, 0.29) is 6.42 Å². The van der Waals surface area contributed by atoms with Gasteiger partial charge in [-0.1, -0.05) is 30.3 Å². The van der Waals surface area contributed by atoms with Crippen molar-refractivity contribution in [2.45, 2.75) is 12.5 Å². The Kier molecular flexibility index (Phi) is 6.51. The summed E-state index contributed by atoms with van der Waals surface area (Å²) in [6.07, 6.45) is 0.289. The lowest BCUT2D eigenvalue weighted by molar-refractivity contribution is -0.145. The summed E-state index contributed by atoms with van der Waals surface area (Å²) in [4.78, 5) is 35.5. The standard InChI is InChI=1S/C17H17NO5S/c1-22-17(21)14(9-12-5-3-2-4-6-12)18-15(19)10-23-16(20)13-7-8-24-11-13/h2-8,11,14H,9-10H2,1H3,(H,18,19)/t14-/m0/s1. The minimum atomic E-state index is -0.843. The first-order valence-electron chi connectivity index (χ1n) is 7.20. The molecule has 2 aromatic rings. The molecule has 7 heteroatoms. The summed E-state index contributed by atoms with van der Waals surface area (Å²) in [5.74, 6) is -1.70. The molecule has 0 saturated carbocycles. The molecular weight excluding hydrogens is 330 g/mol. The fraction of sp³-hybridized carbons (Fsp3) is 0.235. The van der Waals surface area contributed by atoms with Crippen LogP contribution in [0.25, 0.3) is 0 Å². The highest BCUT2D eigenvalue weighted by Gasteiger charge is 2.22. The quantitative estimate of drug-likeness (QED) is 0.773. The summed E-state index contributed by atoms with van der Waals surface area (Å²) in [7, 11) is 1.25. The monoisotopic (exact) mass is 347 g/mol. The summed E-state index contributed by atoms with van der Waals surface area (Å²) in [5, 5.41) is 5.90. The van der Waals surface area contributed by atoms with E-state index >= 15 is 0 Å². The molecule has 0 radical (unpaired) electrons. The van der Waals surface area contributed by atoms with E-state index in [0.29, 0.717) is 5.56 Å². The van der Waals surface area contributed by atoms with Gasteiger partial charge < -0.3 is 14.8 Å². The van der Waals surface area contributed by atoms with Gasteiger partial charge in [-0.15, -0.1) is 0 Å². The number of carbonyl (C=O) groups is 3. The molecular formula is C17H17NO5S. The highest BCUT2D eigenvalue weighted by atomic mass is 32.1. The van der Waals surface area contributed by atoms with Gasteiger partial charge in [0.15, 0.2) is 6.61 Å². The van der Waals surface area contributed by atoms with Crippen LogP contribution in [0.2, 0.25) is 0 Å². The molecule has 0 unspecified atom stereocenters. The molecule has 24 heavy (non-hydrogen) atoms. The lowest BCUT2D eigenvalue weighted by Crippen LogP contribution is -2.44. The van der Waals surface area contributed by atoms with Crippen molar-refractivity contribution < 1.29 is 23.9 Å². The summed E-state index contributed by atoms with van der Waals surface area (Å²) < 4.78 is 9.63. The number of amides is 1. The number of ether oxygens (including phenoxy) is 2. The molecule has 1 atom stereocenters. The zero-order valence-corrected chi connectivity index (χ0v) is 13.9. The minimum Gasteiger partial charge on any atom is -0.467 e. The van der Waals surface area contributed by atoms with E-state index in [1.54, 1.807) is 16.8 Å². The lowest BCUT2D eigenvalue weighted by Gasteiger charge is -2.16. The molecule has 0 aliphatic carbocycles. The first-order valence-corrected chi connectivity index (χ1v) is 8.15. The molecule has 0 saturated heterocycles. The van der Waals surface area contributed by atoms with E-state index in [1.807, 2.05) is 30.3 Å². The molecule has 2 rings (SSSR count). The van der Waals surface area contributed by atoms with Crippen molar-refractivity contribution in [3.05, 3.63) is 58.3 Å². The molecule has 126 valence electrons. The van der Waals surface area contributed by atoms with Gasteiger partial charge in [0, 0.05) is 11.8 Å². The van der Waals surface area contributed by atoms with Crippen molar-refractivity contribution in [1.82, 2.24) is 5.32 Å². The first-order chi connectivity index (χ1) is 11.6. The molecule has 1 N–H and O–H groups in total. The van der Waals surface area contributed by atoms with Gasteiger partial charge in [0.25, 0.3) is 5.91 Å². The van der Waals surface area contributed by atoms with Crippen LogP contribution in [0.1, 0.15) is 15.9 Å². The third-order valence-electron chi connectivity index (χ3n) is 3.19. The fourth-order valence-corrected chi connectivity index (χ4v) is 2.64. The molecule has 0 spiro atoms. The number of hydrogen-bond acceptors (Lipinski definition) is 6. The van der Waals surface area contributed by atoms with Crippen LogP contribution in [0, 0.1) is 0 Å². The van der Waals surface area contributed by atoms with Crippen LogP contribution in [0.5, 0.6) is 0 Å². The summed E-state index contributed by atoms with van der Waals surface area (Å²) >= 11 is 1.36. The lowest BCUT2D eigenvalue weighted by atomic mass is 10.1. The number of hydrogen-bond donors (Lipinski definition) is 1. The minimum absolute atomic E-state index is 0.289. The molecule has 1 heterocycles. The van der Waals surface area contributed by atoms with Crippen molar-refractivity contribution in [3.63, 3.8) is 0 Å². The van der Waals surface area contributed by atoms with Gasteiger partial charge in [-0.2, -0.15) is 11.3 Å². The Labute approximate surface area is 143 Å². The van der Waals surface area contributed by atoms with Crippen LogP contribution in [-0.2, 0) is 25.5 Å². The van der Waals surface area contributed by atoms with Crippen LogP contribution < -0.4 is 5.32 Å². The van der Waals surface area contributed by atoms with E-state index in [2.05, 4.69) is 5.32 Å². The van der Waals surface area contributed by atoms with Gasteiger partial charge in [0.2, 0.25) is 0 Å². The van der Waals surface area contributed by atoms with Crippen molar-refractivity contribution in [3.8, 4) is 0 Å². The average molecular weight is 347 g/mol. The SMILES string of the molecule is COC(=O)[C@H](Cc1ccccc1)NC(=O)COC(=O)c1ccsc1. The maximum absolute atomic E-state index is 11.9. The number of methoxy groups -OCH3 is 1. The van der Waals surface area contributed by atoms with Crippen LogP contribution in [0.4, 0.5) is 0 Å². The fourth-order valence-electron chi connectivity index (χ4n) is 2.02. The van der Waals surface area contributed by atoms with E-state index < -0.39 is 30.5 Å². The Hall–Kier alpha value is -2.67. The number of nitrogens with one attached hydrogen (secondary N) is 1. The van der Waals surface area contributed by atoms with Gasteiger partial charge in [-0.3, -0.25) is 4.79 Å². The third kappa shape index (κ3) is 5.20. The smallest absolute Gasteiger partial charge is 0.339 e. The second-order valence-corrected chi connectivity index (χ2v) is 5.70. The average Bonchev–Trinajstić information content (AvgIpc) is 3.14. The first kappa shape index (κ1) is 17.7. The molecule has 0 aliphatic heterocycles. The third-order valence-corrected chi connectivity index (χ3v) is 3.88. The van der Waals surface area contributed by atoms with Gasteiger partial charge >= 0.3 is 11.9 Å². The highest BCUT2D eigenvalue weighted by molar-refractivity contribution is 7.08. The maximum Gasteiger partial charge on any atom is 0.339 e. The molecule has 1 aromatic carbocycles. The number of carbonyl (C=O) groups excluding carboxylic acids is 3. The molecule has 1 amide bonds. The Morgan fingerprint density at radius 3 is 2.54 bits per heavy atom. The summed E-state index contributed by atoms with van der Waals surface area (Å²) in [6, 6.07) is 10.0. The van der Waals surface area contributed by atoms with E-state index in [9.17, 15) is 14.4 Å². The Bertz CT molecular complexity index is 684. The van der Waals surface area contributed by atoms with Crippen LogP contribution in [0.3, 0.4) is 0 Å². The predicted molar refractivity (Wildman–Crippen MR) is 88.7 cm³/mol. The number of benzene rings is 1. The van der Waals surface area contributed by atoms with E-state index in [0.717, 1.165) is 5.56 Å². The normalized spacial score (nSPS) is 11.4. The number of esters is 2. The number of thiophene rings is 1.